The van der Waals surface area contributed by atoms with Crippen LogP contribution in [-0.4, -0.2) is 42.3 Å². The number of likely N-dealkylation sites (N-methyl/N-ethyl adjacent to an activating group) is 1. The molecule has 0 bridgehead atoms. The van der Waals surface area contributed by atoms with Crippen LogP contribution in [0.25, 0.3) is 11.0 Å². The molecule has 0 unspecified atom stereocenters. The molecule has 1 amide bonds. The molecule has 1 aliphatic rings. The molecule has 0 saturated heterocycles. The van der Waals surface area contributed by atoms with Gasteiger partial charge in [-0.25, -0.2) is 9.97 Å². The zero-order chi connectivity index (χ0) is 17.4. The number of carbonyl (C=O) groups is 1. The van der Waals surface area contributed by atoms with Gasteiger partial charge in [0.15, 0.2) is 11.6 Å². The maximum atomic E-state index is 13.2. The van der Waals surface area contributed by atoms with E-state index in [2.05, 4.69) is 4.90 Å². The van der Waals surface area contributed by atoms with Crippen molar-refractivity contribution in [3.63, 3.8) is 0 Å². The van der Waals surface area contributed by atoms with E-state index in [9.17, 15) is 4.79 Å². The summed E-state index contributed by atoms with van der Waals surface area (Å²) in [5.74, 6) is 1.36. The van der Waals surface area contributed by atoms with Crippen LogP contribution in [0, 0.1) is 0 Å². The molecule has 0 saturated carbocycles. The highest BCUT2D eigenvalue weighted by Gasteiger charge is 2.30. The van der Waals surface area contributed by atoms with Gasteiger partial charge in [0, 0.05) is 25.0 Å². The van der Waals surface area contributed by atoms with Gasteiger partial charge in [0.05, 0.1) is 16.6 Å². The summed E-state index contributed by atoms with van der Waals surface area (Å²) in [7, 11) is 1.99. The van der Waals surface area contributed by atoms with Gasteiger partial charge in [-0.1, -0.05) is 24.3 Å². The van der Waals surface area contributed by atoms with E-state index in [1.54, 1.807) is 16.7 Å². The van der Waals surface area contributed by atoms with E-state index >= 15 is 0 Å². The predicted octanol–water partition coefficient (Wildman–Crippen LogP) is 3.45. The average molecular weight is 350 g/mol. The average Bonchev–Trinajstić information content (AvgIpc) is 2.66. The zero-order valence-electron chi connectivity index (χ0n) is 14.1. The molecule has 4 rings (SSSR count). The van der Waals surface area contributed by atoms with Gasteiger partial charge in [-0.15, -0.1) is 11.8 Å². The number of nitrogens with zero attached hydrogens (tertiary/aromatic N) is 4. The molecule has 3 aromatic rings. The van der Waals surface area contributed by atoms with Crippen molar-refractivity contribution >= 4 is 40.3 Å². The second-order valence-electron chi connectivity index (χ2n) is 5.94. The largest absolute Gasteiger partial charge is 0.355 e. The van der Waals surface area contributed by atoms with Gasteiger partial charge < -0.3 is 4.90 Å². The van der Waals surface area contributed by atoms with Crippen LogP contribution < -0.4 is 9.80 Å². The minimum atomic E-state index is -0.0242. The minimum Gasteiger partial charge on any atom is -0.355 e. The molecule has 0 aliphatic carbocycles. The molecule has 2 heterocycles. The summed E-state index contributed by atoms with van der Waals surface area (Å²) in [5.41, 5.74) is 2.35. The summed E-state index contributed by atoms with van der Waals surface area (Å²) in [6, 6.07) is 15.5. The summed E-state index contributed by atoms with van der Waals surface area (Å²) in [4.78, 5) is 27.5. The van der Waals surface area contributed by atoms with Crippen molar-refractivity contribution in [2.45, 2.75) is 4.90 Å². The van der Waals surface area contributed by atoms with Gasteiger partial charge >= 0.3 is 0 Å². The molecule has 5 nitrogen and oxygen atoms in total. The first-order valence-corrected chi connectivity index (χ1v) is 9.34. The first-order valence-electron chi connectivity index (χ1n) is 8.12. The Balaban J connectivity index is 1.84. The molecular weight excluding hydrogens is 332 g/mol. The Labute approximate surface area is 150 Å². The summed E-state index contributed by atoms with van der Waals surface area (Å²) < 4.78 is 0. The molecule has 0 fully saturated rings. The smallest absolute Gasteiger partial charge is 0.260 e. The maximum Gasteiger partial charge on any atom is 0.260 e. The van der Waals surface area contributed by atoms with Gasteiger partial charge in [0.25, 0.3) is 5.91 Å². The lowest BCUT2D eigenvalue weighted by atomic mass is 10.1. The highest BCUT2D eigenvalue weighted by Crippen LogP contribution is 2.32. The highest BCUT2D eigenvalue weighted by atomic mass is 32.2. The van der Waals surface area contributed by atoms with E-state index in [0.717, 1.165) is 28.3 Å². The van der Waals surface area contributed by atoms with Crippen molar-refractivity contribution in [1.82, 2.24) is 9.97 Å². The second kappa shape index (κ2) is 6.37. The topological polar surface area (TPSA) is 49.3 Å². The lowest BCUT2D eigenvalue weighted by Crippen LogP contribution is -2.44. The number of thioether (sulfide) groups is 1. The molecular formula is C19H18N4OS. The lowest BCUT2D eigenvalue weighted by molar-refractivity contribution is 0.0983. The molecule has 0 spiro atoms. The fraction of sp³-hybridized carbons (Fsp3) is 0.211. The van der Waals surface area contributed by atoms with Crippen molar-refractivity contribution in [3.05, 3.63) is 54.1 Å². The Morgan fingerprint density at radius 1 is 0.960 bits per heavy atom. The Bertz CT molecular complexity index is 959. The third kappa shape index (κ3) is 2.72. The van der Waals surface area contributed by atoms with Crippen LogP contribution in [0.2, 0.25) is 0 Å². The number of benzene rings is 2. The molecule has 6 heteroatoms. The number of aromatic nitrogens is 2. The van der Waals surface area contributed by atoms with E-state index in [1.807, 2.05) is 61.8 Å². The normalized spacial score (nSPS) is 13.8. The van der Waals surface area contributed by atoms with E-state index in [1.165, 1.54) is 0 Å². The number of amides is 1. The first kappa shape index (κ1) is 15.9. The summed E-state index contributed by atoms with van der Waals surface area (Å²) in [6.45, 7) is 1.32. The quantitative estimate of drug-likeness (QED) is 0.663. The number of hydrogen-bond acceptors (Lipinski definition) is 5. The highest BCUT2D eigenvalue weighted by molar-refractivity contribution is 7.98. The summed E-state index contributed by atoms with van der Waals surface area (Å²) in [6.07, 6.45) is 1.98. The zero-order valence-corrected chi connectivity index (χ0v) is 15.0. The third-order valence-electron chi connectivity index (χ3n) is 4.39. The van der Waals surface area contributed by atoms with Crippen LogP contribution in [0.5, 0.6) is 0 Å². The Hall–Kier alpha value is -2.60. The SMILES string of the molecule is CSc1ccccc1C(=O)N1CCN(C)c2nc3ccccc3nc21. The van der Waals surface area contributed by atoms with E-state index in [0.29, 0.717) is 17.9 Å². The minimum absolute atomic E-state index is 0.0242. The molecule has 0 radical (unpaired) electrons. The van der Waals surface area contributed by atoms with Gasteiger partial charge in [0.2, 0.25) is 0 Å². The molecule has 1 aromatic heterocycles. The number of fused-ring (bicyclic) bond motifs is 2. The Kier molecular flexibility index (Phi) is 4.05. The van der Waals surface area contributed by atoms with Gasteiger partial charge in [0.1, 0.15) is 0 Å². The molecule has 0 N–H and O–H groups in total. The number of carbonyl (C=O) groups excluding carboxylic acids is 1. The van der Waals surface area contributed by atoms with Gasteiger partial charge in [-0.2, -0.15) is 0 Å². The Morgan fingerprint density at radius 2 is 1.60 bits per heavy atom. The van der Waals surface area contributed by atoms with Crippen molar-refractivity contribution in [2.24, 2.45) is 0 Å². The number of anilines is 2. The molecule has 25 heavy (non-hydrogen) atoms. The predicted molar refractivity (Wildman–Crippen MR) is 103 cm³/mol. The summed E-state index contributed by atoms with van der Waals surface area (Å²) >= 11 is 1.58. The monoisotopic (exact) mass is 350 g/mol. The van der Waals surface area contributed by atoms with Crippen LogP contribution in [-0.2, 0) is 0 Å². The number of rotatable bonds is 2. The van der Waals surface area contributed by atoms with Crippen LogP contribution in [0.15, 0.2) is 53.4 Å². The van der Waals surface area contributed by atoms with E-state index in [-0.39, 0.29) is 5.91 Å². The number of hydrogen-bond donors (Lipinski definition) is 0. The molecule has 2 aromatic carbocycles. The molecule has 1 aliphatic heterocycles. The summed E-state index contributed by atoms with van der Waals surface area (Å²) in [5, 5.41) is 0. The fourth-order valence-corrected chi connectivity index (χ4v) is 3.63. The first-order chi connectivity index (χ1) is 12.2. The van der Waals surface area contributed by atoms with Crippen molar-refractivity contribution in [2.75, 3.05) is 36.2 Å². The third-order valence-corrected chi connectivity index (χ3v) is 5.19. The van der Waals surface area contributed by atoms with Gasteiger partial charge in [-0.05, 0) is 30.5 Å². The van der Waals surface area contributed by atoms with Crippen molar-refractivity contribution < 1.29 is 4.79 Å². The maximum absolute atomic E-state index is 13.2. The van der Waals surface area contributed by atoms with E-state index < -0.39 is 0 Å². The van der Waals surface area contributed by atoms with E-state index in [4.69, 9.17) is 9.97 Å². The fourth-order valence-electron chi connectivity index (χ4n) is 3.04. The number of para-hydroxylation sites is 2. The second-order valence-corrected chi connectivity index (χ2v) is 6.79. The van der Waals surface area contributed by atoms with Crippen molar-refractivity contribution in [3.8, 4) is 0 Å². The van der Waals surface area contributed by atoms with Gasteiger partial charge in [-0.3, -0.25) is 9.69 Å². The lowest BCUT2D eigenvalue weighted by Gasteiger charge is -2.34. The van der Waals surface area contributed by atoms with Crippen LogP contribution in [0.4, 0.5) is 11.6 Å². The standard InChI is InChI=1S/C19H18N4OS/c1-22-11-12-23(19(24)13-7-3-6-10-16(13)25-2)18-17(22)20-14-8-4-5-9-15(14)21-18/h3-10H,11-12H2,1-2H3. The molecule has 0 atom stereocenters. The molecule has 126 valence electrons. The van der Waals surface area contributed by atoms with Crippen LogP contribution >= 0.6 is 11.8 Å². The van der Waals surface area contributed by atoms with Crippen LogP contribution in [0.1, 0.15) is 10.4 Å². The Morgan fingerprint density at radius 3 is 2.32 bits per heavy atom. The van der Waals surface area contributed by atoms with Crippen LogP contribution in [0.3, 0.4) is 0 Å². The van der Waals surface area contributed by atoms with Crippen molar-refractivity contribution in [1.29, 1.82) is 0 Å².